The largest absolute Gasteiger partial charge is 0.381 e. The summed E-state index contributed by atoms with van der Waals surface area (Å²) >= 11 is 0. The highest BCUT2D eigenvalue weighted by Gasteiger charge is 2.03. The second kappa shape index (κ2) is 9.79. The van der Waals surface area contributed by atoms with Crippen molar-refractivity contribution in [2.45, 2.75) is 52.9 Å². The first-order valence-corrected chi connectivity index (χ1v) is 5.69. The van der Waals surface area contributed by atoms with Gasteiger partial charge in [0.05, 0.1) is 13.2 Å². The van der Waals surface area contributed by atoms with Crippen LogP contribution in [0.15, 0.2) is 11.6 Å². The summed E-state index contributed by atoms with van der Waals surface area (Å²) < 4.78 is 5.27. The lowest BCUT2D eigenvalue weighted by atomic mass is 10.1. The maximum atomic E-state index is 5.27. The molecule has 1 aliphatic rings. The lowest BCUT2D eigenvalue weighted by Gasteiger charge is -2.14. The van der Waals surface area contributed by atoms with E-state index in [1.165, 1.54) is 32.1 Å². The zero-order valence-corrected chi connectivity index (χ0v) is 9.44. The molecule has 0 spiro atoms. The van der Waals surface area contributed by atoms with Crippen molar-refractivity contribution in [2.24, 2.45) is 0 Å². The smallest absolute Gasteiger partial charge is 0.0503 e. The average molecular weight is 184 g/mol. The topological polar surface area (TPSA) is 9.23 Å². The molecule has 0 radical (unpaired) electrons. The van der Waals surface area contributed by atoms with Gasteiger partial charge in [0.2, 0.25) is 0 Å². The fourth-order valence-corrected chi connectivity index (χ4v) is 1.35. The SMILES string of the molecule is CC.CCCCC=C1CCOCC1. The number of hydrogen-bond donors (Lipinski definition) is 0. The molecule has 0 aliphatic carbocycles. The summed E-state index contributed by atoms with van der Waals surface area (Å²) in [4.78, 5) is 0. The molecule has 1 heterocycles. The lowest BCUT2D eigenvalue weighted by Crippen LogP contribution is -2.06. The van der Waals surface area contributed by atoms with Crippen molar-refractivity contribution in [3.05, 3.63) is 11.6 Å². The van der Waals surface area contributed by atoms with Crippen molar-refractivity contribution in [3.8, 4) is 0 Å². The van der Waals surface area contributed by atoms with Gasteiger partial charge in [0.25, 0.3) is 0 Å². The lowest BCUT2D eigenvalue weighted by molar-refractivity contribution is 0.119. The molecule has 1 rings (SSSR count). The molecule has 1 nitrogen and oxygen atoms in total. The number of rotatable bonds is 3. The molecule has 0 atom stereocenters. The molecule has 0 aromatic carbocycles. The number of allylic oxidation sites excluding steroid dienone is 1. The van der Waals surface area contributed by atoms with Gasteiger partial charge in [0, 0.05) is 0 Å². The molecule has 0 aromatic rings. The maximum Gasteiger partial charge on any atom is 0.0503 e. The van der Waals surface area contributed by atoms with Gasteiger partial charge in [-0.05, 0) is 19.3 Å². The number of hydrogen-bond acceptors (Lipinski definition) is 1. The molecule has 0 bridgehead atoms. The maximum absolute atomic E-state index is 5.27. The van der Waals surface area contributed by atoms with Crippen LogP contribution < -0.4 is 0 Å². The van der Waals surface area contributed by atoms with E-state index in [0.717, 1.165) is 13.2 Å². The van der Waals surface area contributed by atoms with Crippen LogP contribution in [0, 0.1) is 0 Å². The van der Waals surface area contributed by atoms with E-state index < -0.39 is 0 Å². The molecule has 1 heteroatoms. The van der Waals surface area contributed by atoms with Crippen LogP contribution in [0.2, 0.25) is 0 Å². The van der Waals surface area contributed by atoms with Crippen molar-refractivity contribution in [3.63, 3.8) is 0 Å². The van der Waals surface area contributed by atoms with Crippen molar-refractivity contribution < 1.29 is 4.74 Å². The summed E-state index contributed by atoms with van der Waals surface area (Å²) in [6.07, 6.45) is 8.66. The summed E-state index contributed by atoms with van der Waals surface area (Å²) in [5.41, 5.74) is 1.62. The van der Waals surface area contributed by atoms with Crippen LogP contribution in [0.1, 0.15) is 52.9 Å². The van der Waals surface area contributed by atoms with Crippen LogP contribution in [-0.2, 0) is 4.74 Å². The standard InChI is InChI=1S/C10H18O.C2H6/c1-2-3-4-5-10-6-8-11-9-7-10;1-2/h5H,2-4,6-9H2,1H3;1-2H3. The molecule has 0 amide bonds. The minimum atomic E-state index is 0.942. The van der Waals surface area contributed by atoms with Gasteiger partial charge in [-0.3, -0.25) is 0 Å². The van der Waals surface area contributed by atoms with Gasteiger partial charge in [0.15, 0.2) is 0 Å². The van der Waals surface area contributed by atoms with Gasteiger partial charge in [0.1, 0.15) is 0 Å². The Morgan fingerprint density at radius 1 is 1.23 bits per heavy atom. The Balaban J connectivity index is 0.000000671. The second-order valence-corrected chi connectivity index (χ2v) is 3.12. The van der Waals surface area contributed by atoms with E-state index in [4.69, 9.17) is 4.74 Å². The van der Waals surface area contributed by atoms with E-state index in [-0.39, 0.29) is 0 Å². The summed E-state index contributed by atoms with van der Waals surface area (Å²) in [5, 5.41) is 0. The van der Waals surface area contributed by atoms with Gasteiger partial charge in [-0.25, -0.2) is 0 Å². The van der Waals surface area contributed by atoms with Crippen LogP contribution in [-0.4, -0.2) is 13.2 Å². The number of ether oxygens (including phenoxy) is 1. The highest BCUT2D eigenvalue weighted by molar-refractivity contribution is 5.03. The molecule has 0 unspecified atom stereocenters. The molecule has 0 N–H and O–H groups in total. The number of unbranched alkanes of at least 4 members (excludes halogenated alkanes) is 2. The first kappa shape index (κ1) is 12.7. The van der Waals surface area contributed by atoms with E-state index in [2.05, 4.69) is 13.0 Å². The van der Waals surface area contributed by atoms with Crippen molar-refractivity contribution >= 4 is 0 Å². The Hall–Kier alpha value is -0.300. The Bertz CT molecular complexity index is 119. The third-order valence-electron chi connectivity index (χ3n) is 2.13. The summed E-state index contributed by atoms with van der Waals surface area (Å²) in [6, 6.07) is 0. The third-order valence-corrected chi connectivity index (χ3v) is 2.13. The summed E-state index contributed by atoms with van der Waals surface area (Å²) in [7, 11) is 0. The van der Waals surface area contributed by atoms with Gasteiger partial charge < -0.3 is 4.74 Å². The van der Waals surface area contributed by atoms with Crippen LogP contribution in [0.25, 0.3) is 0 Å². The van der Waals surface area contributed by atoms with Gasteiger partial charge >= 0.3 is 0 Å². The van der Waals surface area contributed by atoms with E-state index >= 15 is 0 Å². The highest BCUT2D eigenvalue weighted by atomic mass is 16.5. The monoisotopic (exact) mass is 184 g/mol. The molecule has 13 heavy (non-hydrogen) atoms. The molecule has 1 saturated heterocycles. The van der Waals surface area contributed by atoms with Crippen LogP contribution in [0.5, 0.6) is 0 Å². The molecule has 0 saturated carbocycles. The minimum Gasteiger partial charge on any atom is -0.381 e. The van der Waals surface area contributed by atoms with E-state index in [0.29, 0.717) is 0 Å². The fourth-order valence-electron chi connectivity index (χ4n) is 1.35. The Kier molecular flexibility index (Phi) is 9.56. The zero-order chi connectivity index (χ0) is 9.94. The second-order valence-electron chi connectivity index (χ2n) is 3.12. The minimum absolute atomic E-state index is 0.942. The third kappa shape index (κ3) is 6.83. The first-order valence-electron chi connectivity index (χ1n) is 5.69. The molecule has 0 aromatic heterocycles. The average Bonchev–Trinajstić information content (AvgIpc) is 2.23. The summed E-state index contributed by atoms with van der Waals surface area (Å²) in [5.74, 6) is 0. The van der Waals surface area contributed by atoms with Crippen LogP contribution >= 0.6 is 0 Å². The predicted molar refractivity (Wildman–Crippen MR) is 59.0 cm³/mol. The Morgan fingerprint density at radius 3 is 2.38 bits per heavy atom. The van der Waals surface area contributed by atoms with E-state index in [9.17, 15) is 0 Å². The van der Waals surface area contributed by atoms with E-state index in [1.807, 2.05) is 13.8 Å². The highest BCUT2D eigenvalue weighted by Crippen LogP contribution is 2.14. The normalized spacial score (nSPS) is 16.1. The molecule has 1 fully saturated rings. The van der Waals surface area contributed by atoms with Crippen molar-refractivity contribution in [2.75, 3.05) is 13.2 Å². The molecule has 78 valence electrons. The van der Waals surface area contributed by atoms with Crippen molar-refractivity contribution in [1.82, 2.24) is 0 Å². The molecular weight excluding hydrogens is 160 g/mol. The van der Waals surface area contributed by atoms with E-state index in [1.54, 1.807) is 5.57 Å². The molecule has 1 aliphatic heterocycles. The van der Waals surface area contributed by atoms with Gasteiger partial charge in [-0.2, -0.15) is 0 Å². The molecular formula is C12H24O. The summed E-state index contributed by atoms with van der Waals surface area (Å²) in [6.45, 7) is 8.12. The zero-order valence-electron chi connectivity index (χ0n) is 9.44. The van der Waals surface area contributed by atoms with Crippen molar-refractivity contribution in [1.29, 1.82) is 0 Å². The Labute approximate surface area is 83.2 Å². The Morgan fingerprint density at radius 2 is 1.85 bits per heavy atom. The van der Waals surface area contributed by atoms with Crippen LogP contribution in [0.3, 0.4) is 0 Å². The van der Waals surface area contributed by atoms with Gasteiger partial charge in [-0.1, -0.05) is 45.3 Å². The first-order chi connectivity index (χ1) is 6.43. The quantitative estimate of drug-likeness (QED) is 0.477. The van der Waals surface area contributed by atoms with Crippen LogP contribution in [0.4, 0.5) is 0 Å². The predicted octanol–water partition coefficient (Wildman–Crippen LogP) is 3.94. The van der Waals surface area contributed by atoms with Gasteiger partial charge in [-0.15, -0.1) is 0 Å². The fraction of sp³-hybridized carbons (Fsp3) is 0.833.